The SMILES string of the molecule is Cn1ncc2c(C(=O)NCc3ccccc3)cc(-c3ccc(C(F)(F)F)cc3)nc21. The molecular weight excluding hydrogens is 393 g/mol. The van der Waals surface area contributed by atoms with E-state index in [2.05, 4.69) is 15.4 Å². The van der Waals surface area contributed by atoms with Crippen LogP contribution in [0, 0.1) is 0 Å². The van der Waals surface area contributed by atoms with Crippen molar-refractivity contribution >= 4 is 16.9 Å². The summed E-state index contributed by atoms with van der Waals surface area (Å²) in [5.41, 5.74) is 1.91. The summed E-state index contributed by atoms with van der Waals surface area (Å²) in [4.78, 5) is 17.4. The quantitative estimate of drug-likeness (QED) is 0.536. The van der Waals surface area contributed by atoms with E-state index in [1.807, 2.05) is 30.3 Å². The first kappa shape index (κ1) is 19.6. The number of carbonyl (C=O) groups excluding carboxylic acids is 1. The summed E-state index contributed by atoms with van der Waals surface area (Å²) in [6.07, 6.45) is -2.86. The van der Waals surface area contributed by atoms with E-state index in [0.29, 0.717) is 34.4 Å². The molecule has 1 N–H and O–H groups in total. The van der Waals surface area contributed by atoms with Crippen LogP contribution < -0.4 is 5.32 Å². The molecule has 1 amide bonds. The van der Waals surface area contributed by atoms with E-state index in [-0.39, 0.29) is 5.91 Å². The molecule has 0 saturated heterocycles. The van der Waals surface area contributed by atoms with Gasteiger partial charge in [0.1, 0.15) is 0 Å². The first-order chi connectivity index (χ1) is 14.3. The number of alkyl halides is 3. The van der Waals surface area contributed by atoms with Gasteiger partial charge >= 0.3 is 6.18 Å². The minimum atomic E-state index is -4.42. The number of rotatable bonds is 4. The van der Waals surface area contributed by atoms with E-state index in [9.17, 15) is 18.0 Å². The van der Waals surface area contributed by atoms with Crippen molar-refractivity contribution in [3.05, 3.63) is 83.6 Å². The molecule has 0 aliphatic carbocycles. The molecule has 0 atom stereocenters. The molecule has 0 aliphatic heterocycles. The Labute approximate surface area is 170 Å². The fourth-order valence-corrected chi connectivity index (χ4v) is 3.15. The lowest BCUT2D eigenvalue weighted by Gasteiger charge is -2.10. The fraction of sp³-hybridized carbons (Fsp3) is 0.136. The summed E-state index contributed by atoms with van der Waals surface area (Å²) >= 11 is 0. The molecule has 30 heavy (non-hydrogen) atoms. The van der Waals surface area contributed by atoms with Crippen LogP contribution in [0.25, 0.3) is 22.3 Å². The summed E-state index contributed by atoms with van der Waals surface area (Å²) in [7, 11) is 1.69. The van der Waals surface area contributed by atoms with E-state index >= 15 is 0 Å². The third-order valence-corrected chi connectivity index (χ3v) is 4.75. The van der Waals surface area contributed by atoms with E-state index < -0.39 is 11.7 Å². The highest BCUT2D eigenvalue weighted by Crippen LogP contribution is 2.31. The third kappa shape index (κ3) is 3.89. The number of halogens is 3. The summed E-state index contributed by atoms with van der Waals surface area (Å²) in [5, 5.41) is 7.60. The lowest BCUT2D eigenvalue weighted by Crippen LogP contribution is -2.23. The van der Waals surface area contributed by atoms with Gasteiger partial charge in [-0.15, -0.1) is 0 Å². The highest BCUT2D eigenvalue weighted by atomic mass is 19.4. The van der Waals surface area contributed by atoms with Crippen LogP contribution in [0.4, 0.5) is 13.2 Å². The van der Waals surface area contributed by atoms with Gasteiger partial charge in [0.15, 0.2) is 5.65 Å². The Morgan fingerprint density at radius 2 is 1.77 bits per heavy atom. The average molecular weight is 410 g/mol. The smallest absolute Gasteiger partial charge is 0.348 e. The Morgan fingerprint density at radius 3 is 2.43 bits per heavy atom. The van der Waals surface area contributed by atoms with Gasteiger partial charge in [-0.2, -0.15) is 18.3 Å². The van der Waals surface area contributed by atoms with Crippen LogP contribution in [0.3, 0.4) is 0 Å². The molecule has 152 valence electrons. The van der Waals surface area contributed by atoms with Crippen LogP contribution in [-0.4, -0.2) is 20.7 Å². The number of pyridine rings is 1. The summed E-state index contributed by atoms with van der Waals surface area (Å²) in [6.45, 7) is 0.347. The molecule has 5 nitrogen and oxygen atoms in total. The molecule has 8 heteroatoms. The maximum Gasteiger partial charge on any atom is 0.416 e. The number of nitrogens with one attached hydrogen (secondary N) is 1. The van der Waals surface area contributed by atoms with Gasteiger partial charge in [-0.25, -0.2) is 4.98 Å². The van der Waals surface area contributed by atoms with E-state index in [1.165, 1.54) is 16.8 Å². The maximum atomic E-state index is 12.9. The van der Waals surface area contributed by atoms with Gasteiger partial charge in [0.2, 0.25) is 0 Å². The topological polar surface area (TPSA) is 59.8 Å². The number of aromatic nitrogens is 3. The van der Waals surface area contributed by atoms with Crippen LogP contribution in [0.15, 0.2) is 66.9 Å². The summed E-state index contributed by atoms with van der Waals surface area (Å²) in [6, 6.07) is 15.7. The molecule has 2 aromatic carbocycles. The number of amides is 1. The predicted molar refractivity (Wildman–Crippen MR) is 107 cm³/mol. The standard InChI is InChI=1S/C22H17F3N4O/c1-29-20-18(13-27-29)17(21(30)26-12-14-5-3-2-4-6-14)11-19(28-20)15-7-9-16(10-8-15)22(23,24)25/h2-11,13H,12H2,1H3,(H,26,30). The van der Waals surface area contributed by atoms with Crippen molar-refractivity contribution < 1.29 is 18.0 Å². The van der Waals surface area contributed by atoms with Crippen LogP contribution in [0.5, 0.6) is 0 Å². The van der Waals surface area contributed by atoms with E-state index in [0.717, 1.165) is 17.7 Å². The Morgan fingerprint density at radius 1 is 1.07 bits per heavy atom. The molecule has 0 bridgehead atoms. The van der Waals surface area contributed by atoms with Crippen LogP contribution >= 0.6 is 0 Å². The van der Waals surface area contributed by atoms with Gasteiger partial charge in [-0.1, -0.05) is 42.5 Å². The first-order valence-electron chi connectivity index (χ1n) is 9.15. The zero-order chi connectivity index (χ0) is 21.3. The number of hydrogen-bond acceptors (Lipinski definition) is 3. The van der Waals surface area contributed by atoms with Crippen molar-refractivity contribution in [3.63, 3.8) is 0 Å². The van der Waals surface area contributed by atoms with Gasteiger partial charge in [0.05, 0.1) is 28.4 Å². The van der Waals surface area contributed by atoms with Crippen molar-refractivity contribution in [3.8, 4) is 11.3 Å². The minimum Gasteiger partial charge on any atom is -0.348 e. The van der Waals surface area contributed by atoms with Gasteiger partial charge in [-0.05, 0) is 23.8 Å². The van der Waals surface area contributed by atoms with Crippen LogP contribution in [-0.2, 0) is 19.8 Å². The Balaban J connectivity index is 1.70. The lowest BCUT2D eigenvalue weighted by atomic mass is 10.0. The molecule has 0 fully saturated rings. The van der Waals surface area contributed by atoms with Gasteiger partial charge in [0.25, 0.3) is 5.91 Å². The zero-order valence-electron chi connectivity index (χ0n) is 15.9. The van der Waals surface area contributed by atoms with Crippen molar-refractivity contribution in [2.45, 2.75) is 12.7 Å². The molecule has 0 saturated carbocycles. The lowest BCUT2D eigenvalue weighted by molar-refractivity contribution is -0.137. The normalized spacial score (nSPS) is 11.6. The molecule has 2 aromatic heterocycles. The molecule has 4 rings (SSSR count). The Bertz CT molecular complexity index is 1200. The fourth-order valence-electron chi connectivity index (χ4n) is 3.15. The monoisotopic (exact) mass is 410 g/mol. The number of hydrogen-bond donors (Lipinski definition) is 1. The van der Waals surface area contributed by atoms with Gasteiger partial charge in [-0.3, -0.25) is 9.48 Å². The van der Waals surface area contributed by atoms with Gasteiger partial charge < -0.3 is 5.32 Å². The maximum absolute atomic E-state index is 12.9. The second-order valence-electron chi connectivity index (χ2n) is 6.80. The molecule has 0 aliphatic rings. The Hall–Kier alpha value is -3.68. The van der Waals surface area contributed by atoms with E-state index in [1.54, 1.807) is 19.3 Å². The second-order valence-corrected chi connectivity index (χ2v) is 6.80. The predicted octanol–water partition coefficient (Wildman–Crippen LogP) is 4.58. The molecule has 0 unspecified atom stereocenters. The molecular formula is C22H17F3N4O. The summed E-state index contributed by atoms with van der Waals surface area (Å²) in [5.74, 6) is -0.313. The third-order valence-electron chi connectivity index (χ3n) is 4.75. The second kappa shape index (κ2) is 7.62. The highest BCUT2D eigenvalue weighted by Gasteiger charge is 2.30. The average Bonchev–Trinajstić information content (AvgIpc) is 3.12. The highest BCUT2D eigenvalue weighted by molar-refractivity contribution is 6.06. The number of aryl methyl sites for hydroxylation is 1. The van der Waals surface area contributed by atoms with Crippen LogP contribution in [0.1, 0.15) is 21.5 Å². The van der Waals surface area contributed by atoms with Crippen LogP contribution in [0.2, 0.25) is 0 Å². The molecule has 4 aromatic rings. The molecule has 0 spiro atoms. The van der Waals surface area contributed by atoms with Gasteiger partial charge in [0, 0.05) is 19.2 Å². The minimum absolute atomic E-state index is 0.313. The number of carbonyl (C=O) groups is 1. The number of benzene rings is 2. The zero-order valence-corrected chi connectivity index (χ0v) is 15.9. The molecule has 2 heterocycles. The largest absolute Gasteiger partial charge is 0.416 e. The van der Waals surface area contributed by atoms with Crippen molar-refractivity contribution in [2.24, 2.45) is 7.05 Å². The molecule has 0 radical (unpaired) electrons. The van der Waals surface area contributed by atoms with E-state index in [4.69, 9.17) is 0 Å². The van der Waals surface area contributed by atoms with Crippen molar-refractivity contribution in [1.82, 2.24) is 20.1 Å². The Kier molecular flexibility index (Phi) is 4.99. The van der Waals surface area contributed by atoms with Crippen molar-refractivity contribution in [1.29, 1.82) is 0 Å². The number of fused-ring (bicyclic) bond motifs is 1. The first-order valence-corrected chi connectivity index (χ1v) is 9.15. The van der Waals surface area contributed by atoms with Crippen molar-refractivity contribution in [2.75, 3.05) is 0 Å². The number of nitrogens with zero attached hydrogens (tertiary/aromatic N) is 3. The summed E-state index contributed by atoms with van der Waals surface area (Å²) < 4.78 is 40.1.